The maximum atomic E-state index is 12.0. The van der Waals surface area contributed by atoms with Gasteiger partial charge in [-0.1, -0.05) is 6.07 Å². The molecule has 8 heteroatoms. The van der Waals surface area contributed by atoms with E-state index in [0.717, 1.165) is 0 Å². The van der Waals surface area contributed by atoms with E-state index >= 15 is 0 Å². The van der Waals surface area contributed by atoms with Crippen molar-refractivity contribution in [3.05, 3.63) is 40.7 Å². The summed E-state index contributed by atoms with van der Waals surface area (Å²) in [6.07, 6.45) is 1.10. The number of rotatable bonds is 4. The molecule has 0 aliphatic heterocycles. The van der Waals surface area contributed by atoms with E-state index in [-0.39, 0.29) is 0 Å². The molecule has 0 bridgehead atoms. The van der Waals surface area contributed by atoms with Crippen LogP contribution in [0.2, 0.25) is 0 Å². The highest BCUT2D eigenvalue weighted by Crippen LogP contribution is 2.18. The molecular formula is C16H19N5O2S. The predicted molar refractivity (Wildman–Crippen MR) is 94.5 cm³/mol. The van der Waals surface area contributed by atoms with Gasteiger partial charge in [0.1, 0.15) is 17.2 Å². The Hall–Kier alpha value is -2.61. The van der Waals surface area contributed by atoms with Crippen molar-refractivity contribution in [2.45, 2.75) is 32.9 Å². The summed E-state index contributed by atoms with van der Waals surface area (Å²) >= 11 is 1.67. The van der Waals surface area contributed by atoms with Crippen molar-refractivity contribution in [2.24, 2.45) is 0 Å². The summed E-state index contributed by atoms with van der Waals surface area (Å²) < 4.78 is 6.85. The summed E-state index contributed by atoms with van der Waals surface area (Å²) in [5.74, 6) is 1.15. The molecule has 0 aliphatic carbocycles. The summed E-state index contributed by atoms with van der Waals surface area (Å²) in [5.41, 5.74) is 0.0675. The minimum absolute atomic E-state index is 0.493. The minimum Gasteiger partial charge on any atom is -0.444 e. The number of amides is 1. The molecule has 0 atom stereocenters. The molecule has 3 rings (SSSR count). The van der Waals surface area contributed by atoms with E-state index in [9.17, 15) is 4.79 Å². The third kappa shape index (κ3) is 4.02. The molecule has 0 saturated carbocycles. The van der Waals surface area contributed by atoms with Gasteiger partial charge in [0.25, 0.3) is 0 Å². The smallest absolute Gasteiger partial charge is 0.413 e. The van der Waals surface area contributed by atoms with E-state index in [1.54, 1.807) is 34.2 Å². The molecule has 0 spiro atoms. The Balaban J connectivity index is 1.80. The average Bonchev–Trinajstić information content (AvgIpc) is 3.14. The fraction of sp³-hybridized carbons (Fsp3) is 0.312. The highest BCUT2D eigenvalue weighted by molar-refractivity contribution is 7.09. The van der Waals surface area contributed by atoms with E-state index in [4.69, 9.17) is 4.74 Å². The highest BCUT2D eigenvalue weighted by Gasteiger charge is 2.18. The lowest BCUT2D eigenvalue weighted by Gasteiger charge is -2.20. The van der Waals surface area contributed by atoms with E-state index < -0.39 is 11.7 Å². The topological polar surface area (TPSA) is 80.5 Å². The number of nitrogens with zero attached hydrogens (tertiary/aromatic N) is 3. The fourth-order valence-corrected chi connectivity index (χ4v) is 2.74. The molecule has 0 aromatic carbocycles. The summed E-state index contributed by atoms with van der Waals surface area (Å²) in [6.45, 7) is 6.12. The first-order valence-corrected chi connectivity index (χ1v) is 8.40. The molecule has 3 aromatic rings. The van der Waals surface area contributed by atoms with Crippen molar-refractivity contribution >= 4 is 34.7 Å². The highest BCUT2D eigenvalue weighted by atomic mass is 32.1. The van der Waals surface area contributed by atoms with Gasteiger partial charge in [-0.3, -0.25) is 5.32 Å². The normalized spacial score (nSPS) is 11.5. The molecule has 0 unspecified atom stereocenters. The second-order valence-corrected chi connectivity index (χ2v) is 7.22. The second kappa shape index (κ2) is 6.48. The van der Waals surface area contributed by atoms with E-state index in [1.807, 2.05) is 32.2 Å². The summed E-state index contributed by atoms with van der Waals surface area (Å²) in [4.78, 5) is 17.7. The number of carbonyl (C=O) groups is 1. The van der Waals surface area contributed by atoms with Crippen molar-refractivity contribution in [3.8, 4) is 0 Å². The number of carbonyl (C=O) groups excluding carboxylic acids is 1. The van der Waals surface area contributed by atoms with Crippen LogP contribution in [0.25, 0.3) is 5.65 Å². The Bertz CT molecular complexity index is 836. The Kier molecular flexibility index (Phi) is 4.39. The van der Waals surface area contributed by atoms with Crippen molar-refractivity contribution in [3.63, 3.8) is 0 Å². The average molecular weight is 345 g/mol. The number of aromatic nitrogens is 3. The Morgan fingerprint density at radius 1 is 1.38 bits per heavy atom. The number of ether oxygens (including phenoxy) is 1. The first-order valence-electron chi connectivity index (χ1n) is 7.52. The zero-order valence-electron chi connectivity index (χ0n) is 13.7. The van der Waals surface area contributed by atoms with Gasteiger partial charge in [0.15, 0.2) is 5.65 Å². The number of hydrogen-bond acceptors (Lipinski definition) is 6. The van der Waals surface area contributed by atoms with E-state index in [1.165, 1.54) is 4.88 Å². The number of anilines is 2. The van der Waals surface area contributed by atoms with Crippen LogP contribution in [0.4, 0.5) is 16.4 Å². The molecule has 3 heterocycles. The van der Waals surface area contributed by atoms with Crippen LogP contribution in [-0.2, 0) is 11.3 Å². The van der Waals surface area contributed by atoms with Crippen LogP contribution < -0.4 is 10.6 Å². The summed E-state index contributed by atoms with van der Waals surface area (Å²) in [6, 6.07) is 7.56. The molecule has 24 heavy (non-hydrogen) atoms. The third-order valence-corrected chi connectivity index (χ3v) is 3.89. The largest absolute Gasteiger partial charge is 0.444 e. The van der Waals surface area contributed by atoms with Gasteiger partial charge in [-0.25, -0.2) is 9.78 Å². The zero-order valence-corrected chi connectivity index (χ0v) is 14.6. The molecule has 7 nitrogen and oxygen atoms in total. The van der Waals surface area contributed by atoms with Crippen LogP contribution in [0, 0.1) is 0 Å². The zero-order chi connectivity index (χ0) is 17.2. The van der Waals surface area contributed by atoms with Crippen molar-refractivity contribution < 1.29 is 9.53 Å². The van der Waals surface area contributed by atoms with Gasteiger partial charge in [0.2, 0.25) is 0 Å². The van der Waals surface area contributed by atoms with Crippen molar-refractivity contribution in [1.29, 1.82) is 0 Å². The Morgan fingerprint density at radius 3 is 2.92 bits per heavy atom. The standard InChI is InChI=1S/C16H19N5O2S/c1-16(2,3)23-15(22)20-14-9-12(17-10-11-5-4-8-24-11)19-13-6-7-18-21(13)14/h4-9H,10H2,1-3H3,(H,17,19)(H,20,22). The second-order valence-electron chi connectivity index (χ2n) is 6.19. The number of thiophene rings is 1. The van der Waals surface area contributed by atoms with Crippen LogP contribution in [0.1, 0.15) is 25.6 Å². The van der Waals surface area contributed by atoms with Gasteiger partial charge in [-0.2, -0.15) is 9.61 Å². The lowest BCUT2D eigenvalue weighted by Crippen LogP contribution is -2.28. The predicted octanol–water partition coefficient (Wildman–Crippen LogP) is 3.75. The third-order valence-electron chi connectivity index (χ3n) is 3.01. The molecule has 2 N–H and O–H groups in total. The van der Waals surface area contributed by atoms with Crippen LogP contribution in [-0.4, -0.2) is 26.3 Å². The molecular weight excluding hydrogens is 326 g/mol. The van der Waals surface area contributed by atoms with Crippen LogP contribution in [0.15, 0.2) is 35.8 Å². The van der Waals surface area contributed by atoms with E-state index in [2.05, 4.69) is 26.8 Å². The SMILES string of the molecule is CC(C)(C)OC(=O)Nc1cc(NCc2cccs2)nc2ccnn12. The van der Waals surface area contributed by atoms with Gasteiger partial charge < -0.3 is 10.1 Å². The van der Waals surface area contributed by atoms with Crippen molar-refractivity contribution in [2.75, 3.05) is 10.6 Å². The molecule has 126 valence electrons. The summed E-state index contributed by atoms with van der Waals surface area (Å²) in [7, 11) is 0. The van der Waals surface area contributed by atoms with Crippen molar-refractivity contribution in [1.82, 2.24) is 14.6 Å². The fourth-order valence-electron chi connectivity index (χ4n) is 2.09. The molecule has 0 fully saturated rings. The molecule has 3 aromatic heterocycles. The maximum absolute atomic E-state index is 12.0. The van der Waals surface area contributed by atoms with Crippen LogP contribution >= 0.6 is 11.3 Å². The first kappa shape index (κ1) is 16.3. The van der Waals surface area contributed by atoms with Gasteiger partial charge in [0, 0.05) is 17.0 Å². The maximum Gasteiger partial charge on any atom is 0.413 e. The van der Waals surface area contributed by atoms with Gasteiger partial charge >= 0.3 is 6.09 Å². The first-order chi connectivity index (χ1) is 11.4. The lowest BCUT2D eigenvalue weighted by molar-refractivity contribution is 0.0635. The van der Waals surface area contributed by atoms with Crippen LogP contribution in [0.5, 0.6) is 0 Å². The van der Waals surface area contributed by atoms with Crippen LogP contribution in [0.3, 0.4) is 0 Å². The lowest BCUT2D eigenvalue weighted by atomic mass is 10.2. The monoisotopic (exact) mass is 345 g/mol. The molecule has 0 radical (unpaired) electrons. The van der Waals surface area contributed by atoms with E-state index in [0.29, 0.717) is 23.8 Å². The van der Waals surface area contributed by atoms with Gasteiger partial charge in [0.05, 0.1) is 12.7 Å². The molecule has 0 saturated heterocycles. The van der Waals surface area contributed by atoms with Gasteiger partial charge in [-0.05, 0) is 32.2 Å². The minimum atomic E-state index is -0.569. The quantitative estimate of drug-likeness (QED) is 0.753. The Labute approximate surface area is 143 Å². The van der Waals surface area contributed by atoms with Gasteiger partial charge in [-0.15, -0.1) is 11.3 Å². The number of nitrogens with one attached hydrogen (secondary N) is 2. The molecule has 1 amide bonds. The summed E-state index contributed by atoms with van der Waals surface area (Å²) in [5, 5.41) is 12.2. The Morgan fingerprint density at radius 2 is 2.21 bits per heavy atom. The number of hydrogen-bond donors (Lipinski definition) is 2. The molecule has 0 aliphatic rings. The number of fused-ring (bicyclic) bond motifs is 1.